The predicted molar refractivity (Wildman–Crippen MR) is 137 cm³/mol. The van der Waals surface area contributed by atoms with Gasteiger partial charge >= 0.3 is 5.97 Å². The minimum atomic E-state index is -0.490. The van der Waals surface area contributed by atoms with E-state index >= 15 is 0 Å². The van der Waals surface area contributed by atoms with Gasteiger partial charge in [0, 0.05) is 11.6 Å². The number of hydrogen-bond acceptors (Lipinski definition) is 4. The zero-order valence-electron chi connectivity index (χ0n) is 19.8. The van der Waals surface area contributed by atoms with Crippen LogP contribution in [-0.2, 0) is 4.79 Å². The molecule has 0 unspecified atom stereocenters. The van der Waals surface area contributed by atoms with E-state index in [9.17, 15) is 14.0 Å². The maximum Gasteiger partial charge on any atom is 0.336 e. The lowest BCUT2D eigenvalue weighted by atomic mass is 10.1. The number of unbranched alkanes of at least 4 members (excludes halogenated alkanes) is 3. The van der Waals surface area contributed by atoms with Gasteiger partial charge in [-0.25, -0.2) is 9.18 Å². The van der Waals surface area contributed by atoms with Crippen LogP contribution in [0.1, 0.15) is 54.1 Å². The van der Waals surface area contributed by atoms with Crippen LogP contribution in [0.15, 0.2) is 84.9 Å². The van der Waals surface area contributed by atoms with Crippen molar-refractivity contribution in [3.05, 3.63) is 107 Å². The molecule has 0 aliphatic carbocycles. The lowest BCUT2D eigenvalue weighted by Crippen LogP contribution is -2.03. The molecular formula is C30H29FO4. The first-order chi connectivity index (χ1) is 17.0. The minimum Gasteiger partial charge on any atom is -0.494 e. The summed E-state index contributed by atoms with van der Waals surface area (Å²) in [4.78, 5) is 24.3. The summed E-state index contributed by atoms with van der Waals surface area (Å²) in [5, 5.41) is 0. The standard InChI is InChI=1S/C30H29FO4/c1-2-3-4-5-22-34-27-16-6-24(7-17-27)11-21-30(33)35-28-18-8-23(9-19-28)10-20-29(32)25-12-14-26(31)15-13-25/h6-21H,2-5,22H2,1H3/b20-10+,21-11+. The quantitative estimate of drug-likeness (QED) is 0.0912. The number of ether oxygens (including phenoxy) is 2. The molecule has 0 spiro atoms. The Kier molecular flexibility index (Phi) is 10.00. The van der Waals surface area contributed by atoms with Gasteiger partial charge in [0.15, 0.2) is 5.78 Å². The number of allylic oxidation sites excluding steroid dienone is 1. The van der Waals surface area contributed by atoms with Crippen molar-refractivity contribution >= 4 is 23.9 Å². The highest BCUT2D eigenvalue weighted by Gasteiger charge is 2.03. The summed E-state index contributed by atoms with van der Waals surface area (Å²) >= 11 is 0. The maximum absolute atomic E-state index is 13.0. The molecule has 5 heteroatoms. The average molecular weight is 473 g/mol. The number of carbonyl (C=O) groups is 2. The van der Waals surface area contributed by atoms with Crippen LogP contribution in [0.4, 0.5) is 4.39 Å². The molecule has 0 aromatic heterocycles. The second-order valence-corrected chi connectivity index (χ2v) is 8.01. The fourth-order valence-corrected chi connectivity index (χ4v) is 3.24. The monoisotopic (exact) mass is 472 g/mol. The molecular weight excluding hydrogens is 443 g/mol. The second kappa shape index (κ2) is 13.7. The van der Waals surface area contributed by atoms with Gasteiger partial charge in [-0.2, -0.15) is 0 Å². The van der Waals surface area contributed by atoms with Crippen molar-refractivity contribution in [2.75, 3.05) is 6.61 Å². The number of esters is 1. The van der Waals surface area contributed by atoms with E-state index in [4.69, 9.17) is 9.47 Å². The first kappa shape index (κ1) is 25.6. The van der Waals surface area contributed by atoms with E-state index in [2.05, 4.69) is 6.92 Å². The Bertz CT molecular complexity index is 1140. The van der Waals surface area contributed by atoms with Gasteiger partial charge in [-0.3, -0.25) is 4.79 Å². The lowest BCUT2D eigenvalue weighted by molar-refractivity contribution is -0.128. The van der Waals surface area contributed by atoms with Gasteiger partial charge in [-0.05, 0) is 78.2 Å². The van der Waals surface area contributed by atoms with Crippen molar-refractivity contribution in [2.45, 2.75) is 32.6 Å². The Hall–Kier alpha value is -3.99. The summed E-state index contributed by atoms with van der Waals surface area (Å²) in [6, 6.07) is 19.7. The van der Waals surface area contributed by atoms with E-state index in [0.29, 0.717) is 17.9 Å². The fourth-order valence-electron chi connectivity index (χ4n) is 3.24. The lowest BCUT2D eigenvalue weighted by Gasteiger charge is -2.06. The van der Waals surface area contributed by atoms with Crippen LogP contribution in [-0.4, -0.2) is 18.4 Å². The fraction of sp³-hybridized carbons (Fsp3) is 0.200. The summed E-state index contributed by atoms with van der Waals surface area (Å²) in [7, 11) is 0. The SMILES string of the molecule is CCCCCCOc1ccc(/C=C/C(=O)Oc2ccc(/C=C/C(=O)c3ccc(F)cc3)cc2)cc1. The van der Waals surface area contributed by atoms with Crippen LogP contribution in [0.25, 0.3) is 12.2 Å². The molecule has 0 radical (unpaired) electrons. The molecule has 4 nitrogen and oxygen atoms in total. The van der Waals surface area contributed by atoms with E-state index in [1.54, 1.807) is 36.4 Å². The van der Waals surface area contributed by atoms with E-state index in [1.165, 1.54) is 55.7 Å². The van der Waals surface area contributed by atoms with Crippen molar-refractivity contribution in [1.29, 1.82) is 0 Å². The molecule has 0 aliphatic heterocycles. The highest BCUT2D eigenvalue weighted by molar-refractivity contribution is 6.06. The largest absolute Gasteiger partial charge is 0.494 e. The highest BCUT2D eigenvalue weighted by Crippen LogP contribution is 2.16. The molecule has 0 amide bonds. The molecule has 3 aromatic carbocycles. The average Bonchev–Trinajstić information content (AvgIpc) is 2.88. The van der Waals surface area contributed by atoms with E-state index in [-0.39, 0.29) is 11.6 Å². The molecule has 0 fully saturated rings. The highest BCUT2D eigenvalue weighted by atomic mass is 19.1. The maximum atomic E-state index is 13.0. The molecule has 0 aliphatic rings. The van der Waals surface area contributed by atoms with Crippen LogP contribution in [0.5, 0.6) is 11.5 Å². The molecule has 0 saturated heterocycles. The molecule has 0 bridgehead atoms. The van der Waals surface area contributed by atoms with Crippen LogP contribution in [0.2, 0.25) is 0 Å². The predicted octanol–water partition coefficient (Wildman–Crippen LogP) is 7.30. The zero-order valence-corrected chi connectivity index (χ0v) is 19.8. The summed E-state index contributed by atoms with van der Waals surface area (Å²) in [5.41, 5.74) is 2.04. The van der Waals surface area contributed by atoms with Crippen molar-refractivity contribution in [1.82, 2.24) is 0 Å². The molecule has 35 heavy (non-hydrogen) atoms. The third-order valence-electron chi connectivity index (χ3n) is 5.21. The van der Waals surface area contributed by atoms with Gasteiger partial charge in [0.2, 0.25) is 0 Å². The van der Waals surface area contributed by atoms with Crippen LogP contribution >= 0.6 is 0 Å². The Morgan fingerprint density at radius 2 is 1.34 bits per heavy atom. The molecule has 180 valence electrons. The summed E-state index contributed by atoms with van der Waals surface area (Å²) in [5.74, 6) is 0.109. The Balaban J connectivity index is 1.45. The second-order valence-electron chi connectivity index (χ2n) is 8.01. The van der Waals surface area contributed by atoms with Gasteiger partial charge in [-0.1, -0.05) is 56.5 Å². The Labute approximate surface area is 205 Å². The number of halogens is 1. The first-order valence-electron chi connectivity index (χ1n) is 11.7. The smallest absolute Gasteiger partial charge is 0.336 e. The third kappa shape index (κ3) is 9.05. The van der Waals surface area contributed by atoms with Gasteiger partial charge < -0.3 is 9.47 Å². The zero-order chi connectivity index (χ0) is 24.9. The van der Waals surface area contributed by atoms with Crippen LogP contribution < -0.4 is 9.47 Å². The van der Waals surface area contributed by atoms with Crippen LogP contribution in [0.3, 0.4) is 0 Å². The first-order valence-corrected chi connectivity index (χ1v) is 11.7. The van der Waals surface area contributed by atoms with Crippen LogP contribution in [0, 0.1) is 5.82 Å². The van der Waals surface area contributed by atoms with E-state index < -0.39 is 5.97 Å². The summed E-state index contributed by atoms with van der Waals surface area (Å²) in [6.45, 7) is 2.89. The topological polar surface area (TPSA) is 52.6 Å². The molecule has 3 rings (SSSR count). The number of benzene rings is 3. The van der Waals surface area contributed by atoms with E-state index in [1.807, 2.05) is 24.3 Å². The van der Waals surface area contributed by atoms with Crippen molar-refractivity contribution in [3.63, 3.8) is 0 Å². The minimum absolute atomic E-state index is 0.225. The molecule has 0 saturated carbocycles. The van der Waals surface area contributed by atoms with Crippen molar-refractivity contribution in [2.24, 2.45) is 0 Å². The van der Waals surface area contributed by atoms with Gasteiger partial charge in [0.05, 0.1) is 6.61 Å². The molecule has 0 N–H and O–H groups in total. The number of rotatable bonds is 12. The molecule has 0 atom stereocenters. The van der Waals surface area contributed by atoms with Gasteiger partial charge in [0.1, 0.15) is 17.3 Å². The Morgan fingerprint density at radius 3 is 1.97 bits per heavy atom. The van der Waals surface area contributed by atoms with Crippen molar-refractivity contribution < 1.29 is 23.5 Å². The normalized spacial score (nSPS) is 11.1. The Morgan fingerprint density at radius 1 is 0.743 bits per heavy atom. The third-order valence-corrected chi connectivity index (χ3v) is 5.21. The van der Waals surface area contributed by atoms with Crippen molar-refractivity contribution in [3.8, 4) is 11.5 Å². The molecule has 0 heterocycles. The van der Waals surface area contributed by atoms with Gasteiger partial charge in [-0.15, -0.1) is 0 Å². The number of carbonyl (C=O) groups excluding carboxylic acids is 2. The molecule has 3 aromatic rings. The summed E-state index contributed by atoms with van der Waals surface area (Å²) in [6.07, 6.45) is 10.8. The van der Waals surface area contributed by atoms with Gasteiger partial charge in [0.25, 0.3) is 0 Å². The summed E-state index contributed by atoms with van der Waals surface area (Å²) < 4.78 is 24.0. The number of ketones is 1. The van der Waals surface area contributed by atoms with E-state index in [0.717, 1.165) is 23.3 Å². The number of hydrogen-bond donors (Lipinski definition) is 0.